The molecule has 1 aromatic heterocycles. The van der Waals surface area contributed by atoms with E-state index in [2.05, 4.69) is 0 Å². The standard InChI is InChI=1S/C20H23FN4O5/c1-30-19-16-13(18(27)11(20(28)29)8-25(16)10-2-3-10)15(23)14(21)17(19)24-5-4-12(26)9(6-22)7-24/h6,8-10,12,22,26H,2-5,7,23H2,1H3,(H,28,29). The lowest BCUT2D eigenvalue weighted by molar-refractivity contribution is 0.0694. The van der Waals surface area contributed by atoms with Gasteiger partial charge in [0.15, 0.2) is 11.6 Å². The van der Waals surface area contributed by atoms with Crippen LogP contribution in [0.4, 0.5) is 15.8 Å². The third kappa shape index (κ3) is 2.98. The number of aromatic nitrogens is 1. The Hall–Kier alpha value is -3.14. The normalized spacial score (nSPS) is 21.6. The van der Waals surface area contributed by atoms with E-state index in [1.165, 1.54) is 13.3 Å². The van der Waals surface area contributed by atoms with Crippen LogP contribution in [-0.4, -0.2) is 53.3 Å². The van der Waals surface area contributed by atoms with E-state index >= 15 is 4.39 Å². The van der Waals surface area contributed by atoms with E-state index in [0.717, 1.165) is 19.1 Å². The largest absolute Gasteiger partial charge is 0.492 e. The highest BCUT2D eigenvalue weighted by Crippen LogP contribution is 2.46. The molecule has 2 heterocycles. The average Bonchev–Trinajstić information content (AvgIpc) is 3.56. The number of benzene rings is 1. The lowest BCUT2D eigenvalue weighted by Gasteiger charge is -2.37. The first-order valence-corrected chi connectivity index (χ1v) is 9.70. The minimum atomic E-state index is -1.40. The van der Waals surface area contributed by atoms with Crippen LogP contribution in [0.2, 0.25) is 0 Å². The number of hydrogen-bond acceptors (Lipinski definition) is 7. The average molecular weight is 418 g/mol. The number of aliphatic hydroxyl groups excluding tert-OH is 1. The first-order chi connectivity index (χ1) is 14.3. The number of hydrogen-bond donors (Lipinski definition) is 4. The SMILES string of the molecule is COc1c(N2CCC(O)C(C=N)C2)c(F)c(N)c2c(=O)c(C(=O)O)cn(C3CC3)c12. The van der Waals surface area contributed by atoms with Gasteiger partial charge in [-0.3, -0.25) is 4.79 Å². The van der Waals surface area contributed by atoms with Crippen LogP contribution in [0, 0.1) is 17.1 Å². The number of methoxy groups -OCH3 is 1. The van der Waals surface area contributed by atoms with Gasteiger partial charge in [0.25, 0.3) is 0 Å². The smallest absolute Gasteiger partial charge is 0.341 e. The molecule has 10 heteroatoms. The Balaban J connectivity index is 2.04. The van der Waals surface area contributed by atoms with Crippen molar-refractivity contribution in [3.63, 3.8) is 0 Å². The summed E-state index contributed by atoms with van der Waals surface area (Å²) in [6.45, 7) is 0.494. The number of aromatic carboxylic acids is 1. The number of nitrogen functional groups attached to an aromatic ring is 1. The molecule has 9 nitrogen and oxygen atoms in total. The number of carbonyl (C=O) groups is 1. The van der Waals surface area contributed by atoms with Crippen LogP contribution in [0.25, 0.3) is 10.9 Å². The van der Waals surface area contributed by atoms with Crippen molar-refractivity contribution >= 4 is 34.5 Å². The van der Waals surface area contributed by atoms with Gasteiger partial charge in [-0.25, -0.2) is 9.18 Å². The fourth-order valence-corrected chi connectivity index (χ4v) is 4.17. The van der Waals surface area contributed by atoms with Crippen molar-refractivity contribution in [1.82, 2.24) is 4.57 Å². The van der Waals surface area contributed by atoms with Crippen molar-refractivity contribution in [2.75, 3.05) is 30.8 Å². The van der Waals surface area contributed by atoms with Crippen LogP contribution >= 0.6 is 0 Å². The molecular weight excluding hydrogens is 395 g/mol. The lowest BCUT2D eigenvalue weighted by atomic mass is 9.94. The van der Waals surface area contributed by atoms with Gasteiger partial charge in [0, 0.05) is 37.5 Å². The summed E-state index contributed by atoms with van der Waals surface area (Å²) in [6, 6.07) is -0.0321. The van der Waals surface area contributed by atoms with Gasteiger partial charge in [-0.15, -0.1) is 0 Å². The highest BCUT2D eigenvalue weighted by atomic mass is 19.1. The maximum absolute atomic E-state index is 15.5. The van der Waals surface area contributed by atoms with Crippen LogP contribution in [-0.2, 0) is 0 Å². The summed E-state index contributed by atoms with van der Waals surface area (Å²) in [5, 5.41) is 26.8. The summed E-state index contributed by atoms with van der Waals surface area (Å²) in [5.41, 5.74) is 4.60. The molecule has 1 aliphatic carbocycles. The van der Waals surface area contributed by atoms with E-state index in [-0.39, 0.29) is 34.9 Å². The van der Waals surface area contributed by atoms with Gasteiger partial charge in [0.2, 0.25) is 5.43 Å². The number of ether oxygens (including phenoxy) is 1. The Bertz CT molecular complexity index is 1110. The van der Waals surface area contributed by atoms with E-state index < -0.39 is 40.5 Å². The minimum absolute atomic E-state index is 0.0321. The van der Waals surface area contributed by atoms with Crippen molar-refractivity contribution in [2.45, 2.75) is 31.4 Å². The number of fused-ring (bicyclic) bond motifs is 1. The van der Waals surface area contributed by atoms with E-state index in [1.807, 2.05) is 0 Å². The first kappa shape index (κ1) is 20.1. The van der Waals surface area contributed by atoms with Crippen molar-refractivity contribution in [3.05, 3.63) is 27.8 Å². The molecule has 0 amide bonds. The number of anilines is 2. The van der Waals surface area contributed by atoms with Crippen LogP contribution in [0.1, 0.15) is 35.7 Å². The molecule has 2 unspecified atom stereocenters. The second-order valence-electron chi connectivity index (χ2n) is 7.78. The summed E-state index contributed by atoms with van der Waals surface area (Å²) in [4.78, 5) is 26.1. The monoisotopic (exact) mass is 418 g/mol. The maximum Gasteiger partial charge on any atom is 0.341 e. The molecule has 5 N–H and O–H groups in total. The van der Waals surface area contributed by atoms with Crippen LogP contribution in [0.3, 0.4) is 0 Å². The number of nitrogens with one attached hydrogen (secondary N) is 1. The lowest BCUT2D eigenvalue weighted by Crippen LogP contribution is -2.44. The summed E-state index contributed by atoms with van der Waals surface area (Å²) in [6.07, 6.45) is 3.61. The number of aliphatic hydroxyl groups is 1. The molecule has 2 fully saturated rings. The Morgan fingerprint density at radius 2 is 2.10 bits per heavy atom. The van der Waals surface area contributed by atoms with Gasteiger partial charge < -0.3 is 35.6 Å². The summed E-state index contributed by atoms with van der Waals surface area (Å²) >= 11 is 0. The Morgan fingerprint density at radius 1 is 1.40 bits per heavy atom. The van der Waals surface area contributed by atoms with Crippen LogP contribution < -0.4 is 20.8 Å². The fourth-order valence-electron chi connectivity index (χ4n) is 4.17. The number of carboxylic acid groups (broad SMARTS) is 1. The van der Waals surface area contributed by atoms with Gasteiger partial charge in [-0.05, 0) is 19.3 Å². The number of nitrogens with zero attached hydrogens (tertiary/aromatic N) is 2. The third-order valence-corrected chi connectivity index (χ3v) is 5.90. The molecule has 0 spiro atoms. The first-order valence-electron chi connectivity index (χ1n) is 9.70. The second kappa shape index (κ2) is 7.28. The molecule has 30 heavy (non-hydrogen) atoms. The van der Waals surface area contributed by atoms with E-state index in [1.54, 1.807) is 9.47 Å². The van der Waals surface area contributed by atoms with Gasteiger partial charge >= 0.3 is 5.97 Å². The number of nitrogens with two attached hydrogens (primary N) is 1. The predicted octanol–water partition coefficient (Wildman–Crippen LogP) is 1.60. The van der Waals surface area contributed by atoms with Gasteiger partial charge in [-0.1, -0.05) is 0 Å². The number of rotatable bonds is 5. The molecule has 0 bridgehead atoms. The van der Waals surface area contributed by atoms with E-state index in [4.69, 9.17) is 15.9 Å². The molecule has 1 saturated heterocycles. The summed E-state index contributed by atoms with van der Waals surface area (Å²) in [5.74, 6) is -2.67. The zero-order valence-electron chi connectivity index (χ0n) is 16.4. The molecule has 1 saturated carbocycles. The molecule has 2 aliphatic rings. The van der Waals surface area contributed by atoms with Gasteiger partial charge in [0.1, 0.15) is 11.3 Å². The second-order valence-corrected chi connectivity index (χ2v) is 7.78. The van der Waals surface area contributed by atoms with Crippen molar-refractivity contribution in [3.8, 4) is 5.75 Å². The molecule has 1 aliphatic heterocycles. The van der Waals surface area contributed by atoms with E-state index in [9.17, 15) is 19.8 Å². The van der Waals surface area contributed by atoms with Crippen LogP contribution in [0.5, 0.6) is 5.75 Å². The summed E-state index contributed by atoms with van der Waals surface area (Å²) in [7, 11) is 1.35. The zero-order valence-corrected chi connectivity index (χ0v) is 16.4. The Kier molecular flexibility index (Phi) is 4.89. The van der Waals surface area contributed by atoms with Crippen molar-refractivity contribution < 1.29 is 24.1 Å². The summed E-state index contributed by atoms with van der Waals surface area (Å²) < 4.78 is 22.7. The van der Waals surface area contributed by atoms with Crippen LogP contribution in [0.15, 0.2) is 11.0 Å². The Labute approximate surface area is 171 Å². The zero-order chi connectivity index (χ0) is 21.7. The number of pyridine rings is 1. The fraction of sp³-hybridized carbons (Fsp3) is 0.450. The maximum atomic E-state index is 15.5. The molecule has 160 valence electrons. The molecule has 2 atom stereocenters. The predicted molar refractivity (Wildman–Crippen MR) is 109 cm³/mol. The molecule has 2 aromatic rings. The number of halogens is 1. The van der Waals surface area contributed by atoms with Crippen molar-refractivity contribution in [1.29, 1.82) is 5.41 Å². The van der Waals surface area contributed by atoms with Gasteiger partial charge in [-0.2, -0.15) is 0 Å². The quantitative estimate of drug-likeness (QED) is 0.427. The highest BCUT2D eigenvalue weighted by Gasteiger charge is 2.35. The Morgan fingerprint density at radius 3 is 2.67 bits per heavy atom. The molecular formula is C20H23FN4O5. The number of carboxylic acids is 1. The highest BCUT2D eigenvalue weighted by molar-refractivity contribution is 6.03. The molecule has 4 rings (SSSR count). The molecule has 0 radical (unpaired) electrons. The van der Waals surface area contributed by atoms with Gasteiger partial charge in [0.05, 0.1) is 29.8 Å². The van der Waals surface area contributed by atoms with Crippen molar-refractivity contribution in [2.24, 2.45) is 5.92 Å². The van der Waals surface area contributed by atoms with E-state index in [0.29, 0.717) is 13.0 Å². The third-order valence-electron chi connectivity index (χ3n) is 5.90. The topological polar surface area (TPSA) is 142 Å². The number of piperidine rings is 1. The molecule has 1 aromatic carbocycles. The minimum Gasteiger partial charge on any atom is -0.492 e.